The Kier molecular flexibility index (Phi) is 5.86. The lowest BCUT2D eigenvalue weighted by atomic mass is 9.54. The number of ketones is 1. The first-order chi connectivity index (χ1) is 12.1. The zero-order valence-electron chi connectivity index (χ0n) is 15.8. The molecule has 26 heavy (non-hydrogen) atoms. The van der Waals surface area contributed by atoms with Crippen LogP contribution in [0.25, 0.3) is 0 Å². The minimum atomic E-state index is -1.36. The van der Waals surface area contributed by atoms with Gasteiger partial charge in [0.05, 0.1) is 6.10 Å². The highest BCUT2D eigenvalue weighted by atomic mass is 16.5. The number of carboxylic acids is 1. The summed E-state index contributed by atoms with van der Waals surface area (Å²) >= 11 is 0. The predicted octanol–water partition coefficient (Wildman–Crippen LogP) is 2.73. The van der Waals surface area contributed by atoms with Gasteiger partial charge < -0.3 is 15.2 Å². The first kappa shape index (κ1) is 20.1. The van der Waals surface area contributed by atoms with Crippen LogP contribution in [0.2, 0.25) is 0 Å². The lowest BCUT2D eigenvalue weighted by Crippen LogP contribution is -2.76. The zero-order valence-corrected chi connectivity index (χ0v) is 15.8. The molecule has 2 rings (SSSR count). The Hall–Kier alpha value is -2.21. The van der Waals surface area contributed by atoms with Crippen molar-refractivity contribution in [2.75, 3.05) is 6.61 Å². The molecule has 1 amide bonds. The van der Waals surface area contributed by atoms with Crippen molar-refractivity contribution in [3.05, 3.63) is 35.4 Å². The number of benzene rings is 1. The number of ether oxygens (including phenoxy) is 1. The summed E-state index contributed by atoms with van der Waals surface area (Å²) < 4.78 is 5.58. The van der Waals surface area contributed by atoms with Crippen molar-refractivity contribution in [3.8, 4) is 0 Å². The molecule has 0 spiro atoms. The smallest absolute Gasteiger partial charge is 0.330 e. The van der Waals surface area contributed by atoms with Crippen LogP contribution >= 0.6 is 0 Å². The Labute approximate surface area is 153 Å². The molecule has 0 saturated heterocycles. The average Bonchev–Trinajstić information content (AvgIpc) is 2.58. The van der Waals surface area contributed by atoms with E-state index in [1.807, 2.05) is 26.0 Å². The van der Waals surface area contributed by atoms with Gasteiger partial charge in [0, 0.05) is 36.8 Å². The lowest BCUT2D eigenvalue weighted by Gasteiger charge is -2.58. The SMILES string of the molecule is CCOC1CC(NC(=O)CCC(=O)c2ccc(C)cc2)(C(=O)O)C1(C)C. The second-order valence-electron chi connectivity index (χ2n) is 7.42. The van der Waals surface area contributed by atoms with Crippen molar-refractivity contribution in [1.29, 1.82) is 0 Å². The molecule has 2 N–H and O–H groups in total. The van der Waals surface area contributed by atoms with Gasteiger partial charge in [0.1, 0.15) is 5.54 Å². The topological polar surface area (TPSA) is 92.7 Å². The van der Waals surface area contributed by atoms with Crippen LogP contribution < -0.4 is 5.32 Å². The van der Waals surface area contributed by atoms with Crippen LogP contribution in [0, 0.1) is 12.3 Å². The Bertz CT molecular complexity index is 695. The molecular weight excluding hydrogens is 334 g/mol. The number of carbonyl (C=O) groups is 3. The van der Waals surface area contributed by atoms with Gasteiger partial charge in [-0.3, -0.25) is 9.59 Å². The van der Waals surface area contributed by atoms with Gasteiger partial charge in [0.2, 0.25) is 5.91 Å². The monoisotopic (exact) mass is 361 g/mol. The summed E-state index contributed by atoms with van der Waals surface area (Å²) in [5.41, 5.74) is -0.488. The van der Waals surface area contributed by atoms with Gasteiger partial charge in [-0.15, -0.1) is 0 Å². The van der Waals surface area contributed by atoms with Crippen molar-refractivity contribution in [2.24, 2.45) is 5.41 Å². The molecule has 6 nitrogen and oxygen atoms in total. The molecule has 1 aromatic rings. The van der Waals surface area contributed by atoms with Crippen molar-refractivity contribution < 1.29 is 24.2 Å². The molecule has 1 fully saturated rings. The third-order valence-corrected chi connectivity index (χ3v) is 5.43. The molecule has 0 aromatic heterocycles. The fraction of sp³-hybridized carbons (Fsp3) is 0.550. The fourth-order valence-corrected chi connectivity index (χ4v) is 3.45. The standard InChI is InChI=1S/C20H27NO5/c1-5-26-16-12-20(18(24)25,19(16,3)4)21-17(23)11-10-15(22)14-8-6-13(2)7-9-14/h6-9,16H,5,10-12H2,1-4H3,(H,21,23)(H,24,25). The van der Waals surface area contributed by atoms with Crippen LogP contribution in [-0.2, 0) is 14.3 Å². The number of rotatable bonds is 8. The third-order valence-electron chi connectivity index (χ3n) is 5.43. The van der Waals surface area contributed by atoms with Crippen LogP contribution in [0.5, 0.6) is 0 Å². The van der Waals surface area contributed by atoms with Gasteiger partial charge in [-0.1, -0.05) is 43.7 Å². The molecule has 0 bridgehead atoms. The molecule has 1 aliphatic rings. The van der Waals surface area contributed by atoms with Crippen LogP contribution in [0.1, 0.15) is 56.0 Å². The quantitative estimate of drug-likeness (QED) is 0.695. The summed E-state index contributed by atoms with van der Waals surface area (Å²) in [5, 5.41) is 12.4. The predicted molar refractivity (Wildman–Crippen MR) is 97.1 cm³/mol. The number of aliphatic carboxylic acids is 1. The normalized spacial score (nSPS) is 23.8. The number of hydrogen-bond acceptors (Lipinski definition) is 4. The van der Waals surface area contributed by atoms with E-state index >= 15 is 0 Å². The van der Waals surface area contributed by atoms with Crippen molar-refractivity contribution in [1.82, 2.24) is 5.32 Å². The number of hydrogen-bond donors (Lipinski definition) is 2. The molecule has 1 aliphatic carbocycles. The molecule has 2 atom stereocenters. The molecule has 1 saturated carbocycles. The minimum absolute atomic E-state index is 0.0416. The van der Waals surface area contributed by atoms with E-state index in [0.29, 0.717) is 12.2 Å². The largest absolute Gasteiger partial charge is 0.479 e. The van der Waals surface area contributed by atoms with Crippen LogP contribution in [-0.4, -0.2) is 41.0 Å². The highest BCUT2D eigenvalue weighted by molar-refractivity contribution is 5.98. The first-order valence-electron chi connectivity index (χ1n) is 8.90. The maximum absolute atomic E-state index is 12.3. The van der Waals surface area contributed by atoms with Gasteiger partial charge in [0.25, 0.3) is 0 Å². The van der Waals surface area contributed by atoms with Crippen LogP contribution in [0.4, 0.5) is 0 Å². The van der Waals surface area contributed by atoms with Gasteiger partial charge in [-0.05, 0) is 13.8 Å². The molecule has 142 valence electrons. The van der Waals surface area contributed by atoms with Gasteiger partial charge >= 0.3 is 5.97 Å². The van der Waals surface area contributed by atoms with E-state index < -0.39 is 22.8 Å². The van der Waals surface area contributed by atoms with Crippen LogP contribution in [0.15, 0.2) is 24.3 Å². The zero-order chi connectivity index (χ0) is 19.5. The first-order valence-corrected chi connectivity index (χ1v) is 8.90. The summed E-state index contributed by atoms with van der Waals surface area (Å²) in [6, 6.07) is 7.15. The number of carboxylic acid groups (broad SMARTS) is 1. The average molecular weight is 361 g/mol. The highest BCUT2D eigenvalue weighted by Gasteiger charge is 2.66. The van der Waals surface area contributed by atoms with E-state index in [9.17, 15) is 19.5 Å². The van der Waals surface area contributed by atoms with Crippen molar-refractivity contribution in [3.63, 3.8) is 0 Å². The Morgan fingerprint density at radius 1 is 1.19 bits per heavy atom. The number of Topliss-reactive ketones (excluding diaryl/α,β-unsaturated/α-hetero) is 1. The minimum Gasteiger partial charge on any atom is -0.479 e. The van der Waals surface area contributed by atoms with E-state index in [2.05, 4.69) is 5.32 Å². The number of carbonyl (C=O) groups excluding carboxylic acids is 2. The van der Waals surface area contributed by atoms with Gasteiger partial charge in [-0.25, -0.2) is 4.79 Å². The van der Waals surface area contributed by atoms with E-state index in [1.165, 1.54) is 0 Å². The summed E-state index contributed by atoms with van der Waals surface area (Å²) in [6.45, 7) is 7.84. The third kappa shape index (κ3) is 3.65. The summed E-state index contributed by atoms with van der Waals surface area (Å²) in [7, 11) is 0. The lowest BCUT2D eigenvalue weighted by molar-refractivity contribution is -0.194. The second-order valence-corrected chi connectivity index (χ2v) is 7.42. The van der Waals surface area contributed by atoms with Crippen molar-refractivity contribution in [2.45, 2.75) is 58.6 Å². The number of amides is 1. The summed E-state index contributed by atoms with van der Waals surface area (Å²) in [4.78, 5) is 36.4. The molecule has 6 heteroatoms. The van der Waals surface area contributed by atoms with Gasteiger partial charge in [0.15, 0.2) is 5.78 Å². The number of aryl methyl sites for hydroxylation is 1. The molecule has 0 radical (unpaired) electrons. The van der Waals surface area contributed by atoms with E-state index in [1.54, 1.807) is 26.0 Å². The summed E-state index contributed by atoms with van der Waals surface area (Å²) in [5.74, 6) is -1.64. The molecule has 1 aromatic carbocycles. The number of nitrogens with one attached hydrogen (secondary N) is 1. The maximum atomic E-state index is 12.3. The second kappa shape index (κ2) is 7.58. The van der Waals surface area contributed by atoms with E-state index in [0.717, 1.165) is 5.56 Å². The molecule has 0 aliphatic heterocycles. The Morgan fingerprint density at radius 3 is 2.31 bits per heavy atom. The van der Waals surface area contributed by atoms with Gasteiger partial charge in [-0.2, -0.15) is 0 Å². The van der Waals surface area contributed by atoms with E-state index in [-0.39, 0.29) is 31.1 Å². The van der Waals surface area contributed by atoms with Crippen molar-refractivity contribution >= 4 is 17.7 Å². The van der Waals surface area contributed by atoms with Crippen LogP contribution in [0.3, 0.4) is 0 Å². The Morgan fingerprint density at radius 2 is 1.81 bits per heavy atom. The van der Waals surface area contributed by atoms with E-state index in [4.69, 9.17) is 4.74 Å². The highest BCUT2D eigenvalue weighted by Crippen LogP contribution is 2.51. The molecule has 0 heterocycles. The molecular formula is C20H27NO5. The Balaban J connectivity index is 1.98. The molecule has 2 unspecified atom stereocenters. The fourth-order valence-electron chi connectivity index (χ4n) is 3.45. The summed E-state index contributed by atoms with van der Waals surface area (Å²) in [6.07, 6.45) is -0.00390. The maximum Gasteiger partial charge on any atom is 0.330 e.